The Labute approximate surface area is 115 Å². The Morgan fingerprint density at radius 3 is 2.50 bits per heavy atom. The van der Waals surface area contributed by atoms with Gasteiger partial charge in [-0.15, -0.1) is 0 Å². The molecule has 0 spiro atoms. The van der Waals surface area contributed by atoms with E-state index in [-0.39, 0.29) is 10.8 Å². The largest absolute Gasteiger partial charge is 0.331 e. The van der Waals surface area contributed by atoms with Crippen LogP contribution in [0.15, 0.2) is 20.4 Å². The number of hydrogen-bond acceptors (Lipinski definition) is 3. The molecule has 0 atom stereocenters. The molecule has 0 saturated carbocycles. The summed E-state index contributed by atoms with van der Waals surface area (Å²) in [6.45, 7) is 4.75. The zero-order valence-corrected chi connectivity index (χ0v) is 11.8. The highest BCUT2D eigenvalue weighted by Crippen LogP contribution is 2.10. The van der Waals surface area contributed by atoms with Gasteiger partial charge in [0.05, 0.1) is 0 Å². The van der Waals surface area contributed by atoms with Crippen molar-refractivity contribution < 1.29 is 0 Å². The number of nitrogens with one attached hydrogen (secondary N) is 2. The van der Waals surface area contributed by atoms with Crippen LogP contribution in [0.1, 0.15) is 38.8 Å². The first kappa shape index (κ1) is 14.3. The number of pyridine rings is 1. The number of aromatic amines is 2. The van der Waals surface area contributed by atoms with Gasteiger partial charge in [0.15, 0.2) is 5.43 Å². The summed E-state index contributed by atoms with van der Waals surface area (Å²) in [5.41, 5.74) is -0.345. The molecule has 0 amide bonds. The average Bonchev–Trinajstić information content (AvgIpc) is 2.39. The van der Waals surface area contributed by atoms with Crippen molar-refractivity contribution in [1.29, 1.82) is 0 Å². The van der Waals surface area contributed by atoms with E-state index in [1.807, 2.05) is 11.5 Å². The Morgan fingerprint density at radius 1 is 1.10 bits per heavy atom. The second-order valence-electron chi connectivity index (χ2n) is 4.89. The summed E-state index contributed by atoms with van der Waals surface area (Å²) >= 11 is 0. The van der Waals surface area contributed by atoms with E-state index in [1.165, 1.54) is 6.07 Å². The number of hydrogen-bond donors (Lipinski definition) is 2. The van der Waals surface area contributed by atoms with Gasteiger partial charge >= 0.3 is 5.69 Å². The number of rotatable bonds is 5. The van der Waals surface area contributed by atoms with Gasteiger partial charge in [0.2, 0.25) is 0 Å². The molecule has 108 valence electrons. The van der Waals surface area contributed by atoms with E-state index in [1.54, 1.807) is 0 Å². The highest BCUT2D eigenvalue weighted by atomic mass is 16.2. The van der Waals surface area contributed by atoms with Crippen LogP contribution in [-0.2, 0) is 13.0 Å². The summed E-state index contributed by atoms with van der Waals surface area (Å²) < 4.78 is 1.88. The first-order chi connectivity index (χ1) is 9.58. The van der Waals surface area contributed by atoms with Gasteiger partial charge in [0, 0.05) is 18.3 Å². The fraction of sp³-hybridized carbons (Fsp3) is 0.500. The number of nitrogens with zero attached hydrogens (tertiary/aromatic N) is 1. The molecule has 0 fully saturated rings. The second-order valence-corrected chi connectivity index (χ2v) is 4.89. The lowest BCUT2D eigenvalue weighted by Crippen LogP contribution is -2.29. The van der Waals surface area contributed by atoms with Crippen molar-refractivity contribution in [2.45, 2.75) is 46.1 Å². The van der Waals surface area contributed by atoms with E-state index in [4.69, 9.17) is 0 Å². The van der Waals surface area contributed by atoms with Crippen molar-refractivity contribution in [3.8, 4) is 0 Å². The van der Waals surface area contributed by atoms with Gasteiger partial charge in [0.1, 0.15) is 11.0 Å². The first-order valence-electron chi connectivity index (χ1n) is 6.97. The van der Waals surface area contributed by atoms with Gasteiger partial charge in [0.25, 0.3) is 5.56 Å². The van der Waals surface area contributed by atoms with Gasteiger partial charge in [-0.3, -0.25) is 19.6 Å². The van der Waals surface area contributed by atoms with Crippen LogP contribution in [0.2, 0.25) is 0 Å². The molecule has 0 aliphatic carbocycles. The molecule has 0 saturated heterocycles. The van der Waals surface area contributed by atoms with Gasteiger partial charge in [-0.25, -0.2) is 4.79 Å². The minimum Gasteiger partial charge on any atom is -0.331 e. The zero-order valence-electron chi connectivity index (χ0n) is 11.8. The predicted molar refractivity (Wildman–Crippen MR) is 78.4 cm³/mol. The predicted octanol–water partition coefficient (Wildman–Crippen LogP) is 1.13. The Kier molecular flexibility index (Phi) is 4.22. The maximum absolute atomic E-state index is 12.1. The smallest absolute Gasteiger partial charge is 0.327 e. The van der Waals surface area contributed by atoms with E-state index in [0.29, 0.717) is 12.2 Å². The number of fused-ring (bicyclic) bond motifs is 1. The molecule has 0 aromatic carbocycles. The fourth-order valence-corrected chi connectivity index (χ4v) is 2.39. The zero-order chi connectivity index (χ0) is 14.7. The molecule has 0 bridgehead atoms. The molecule has 0 radical (unpaired) electrons. The minimum absolute atomic E-state index is 0.0262. The van der Waals surface area contributed by atoms with Crippen LogP contribution < -0.4 is 16.7 Å². The van der Waals surface area contributed by atoms with Crippen molar-refractivity contribution in [2.75, 3.05) is 0 Å². The summed E-state index contributed by atoms with van der Waals surface area (Å²) in [5, 5.41) is 0.0262. The molecule has 20 heavy (non-hydrogen) atoms. The van der Waals surface area contributed by atoms with Crippen LogP contribution in [0.5, 0.6) is 0 Å². The van der Waals surface area contributed by atoms with Crippen molar-refractivity contribution in [1.82, 2.24) is 14.5 Å². The number of H-pyrrole nitrogens is 2. The number of aromatic nitrogens is 3. The van der Waals surface area contributed by atoms with Crippen molar-refractivity contribution in [3.63, 3.8) is 0 Å². The van der Waals surface area contributed by atoms with Gasteiger partial charge < -0.3 is 4.57 Å². The van der Waals surface area contributed by atoms with E-state index in [9.17, 15) is 14.4 Å². The van der Waals surface area contributed by atoms with Crippen LogP contribution in [0.3, 0.4) is 0 Å². The molecule has 6 heteroatoms. The Morgan fingerprint density at radius 2 is 1.85 bits per heavy atom. The lowest BCUT2D eigenvalue weighted by atomic mass is 10.1. The molecule has 0 aliphatic heterocycles. The quantitative estimate of drug-likeness (QED) is 0.858. The fourth-order valence-electron chi connectivity index (χ4n) is 2.39. The highest BCUT2D eigenvalue weighted by molar-refractivity contribution is 5.73. The topological polar surface area (TPSA) is 87.7 Å². The minimum atomic E-state index is -0.624. The highest BCUT2D eigenvalue weighted by Gasteiger charge is 2.12. The summed E-state index contributed by atoms with van der Waals surface area (Å²) in [6, 6.07) is 1.52. The van der Waals surface area contributed by atoms with Gasteiger partial charge in [-0.1, -0.05) is 20.3 Å². The van der Waals surface area contributed by atoms with E-state index >= 15 is 0 Å². The lowest BCUT2D eigenvalue weighted by Gasteiger charge is -2.15. The summed E-state index contributed by atoms with van der Waals surface area (Å²) in [5.74, 6) is 0. The molecular weight excluding hydrogens is 258 g/mol. The van der Waals surface area contributed by atoms with Crippen molar-refractivity contribution in [3.05, 3.63) is 42.8 Å². The summed E-state index contributed by atoms with van der Waals surface area (Å²) in [7, 11) is 0. The monoisotopic (exact) mass is 277 g/mol. The van der Waals surface area contributed by atoms with Crippen LogP contribution in [0.25, 0.3) is 11.0 Å². The second kappa shape index (κ2) is 5.90. The molecule has 2 aromatic heterocycles. The first-order valence-corrected chi connectivity index (χ1v) is 6.97. The molecule has 0 aliphatic rings. The summed E-state index contributed by atoms with van der Waals surface area (Å²) in [6.07, 6.45) is 3.59. The molecule has 2 rings (SSSR count). The third kappa shape index (κ3) is 2.59. The molecule has 6 nitrogen and oxygen atoms in total. The Balaban J connectivity index is 2.82. The molecule has 2 N–H and O–H groups in total. The standard InChI is InChI=1S/C14H19N3O3/c1-3-5-6-9-8-10(18)11-12(17(9)7-4-2)15-14(20)16-13(11)19/h8H,3-7H2,1-2H3,(H2,15,16,19,20). The average molecular weight is 277 g/mol. The third-order valence-corrected chi connectivity index (χ3v) is 3.32. The van der Waals surface area contributed by atoms with Crippen LogP contribution >= 0.6 is 0 Å². The SMILES string of the molecule is CCCCc1cc(=O)c2c(=O)[nH]c(=O)[nH]c2n1CCC. The Bertz CT molecular complexity index is 783. The van der Waals surface area contributed by atoms with Crippen LogP contribution in [0, 0.1) is 0 Å². The maximum Gasteiger partial charge on any atom is 0.327 e. The Hall–Kier alpha value is -2.11. The lowest BCUT2D eigenvalue weighted by molar-refractivity contribution is 0.634. The molecule has 2 heterocycles. The van der Waals surface area contributed by atoms with E-state index < -0.39 is 11.2 Å². The van der Waals surface area contributed by atoms with Crippen LogP contribution in [-0.4, -0.2) is 14.5 Å². The molecule has 2 aromatic rings. The normalized spacial score (nSPS) is 11.1. The van der Waals surface area contributed by atoms with Crippen molar-refractivity contribution in [2.24, 2.45) is 0 Å². The third-order valence-electron chi connectivity index (χ3n) is 3.32. The maximum atomic E-state index is 12.1. The van der Waals surface area contributed by atoms with Gasteiger partial charge in [-0.2, -0.15) is 0 Å². The van der Waals surface area contributed by atoms with E-state index in [2.05, 4.69) is 16.9 Å². The number of unbranched alkanes of at least 4 members (excludes halogenated alkanes) is 1. The molecule has 0 unspecified atom stereocenters. The van der Waals surface area contributed by atoms with E-state index in [0.717, 1.165) is 31.4 Å². The summed E-state index contributed by atoms with van der Waals surface area (Å²) in [4.78, 5) is 40.1. The van der Waals surface area contributed by atoms with Gasteiger partial charge in [-0.05, 0) is 19.3 Å². The molecular formula is C14H19N3O3. The van der Waals surface area contributed by atoms with Crippen molar-refractivity contribution >= 4 is 11.0 Å². The van der Waals surface area contributed by atoms with Crippen LogP contribution in [0.4, 0.5) is 0 Å². The number of aryl methyl sites for hydroxylation is 2.